The van der Waals surface area contributed by atoms with Gasteiger partial charge in [-0.3, -0.25) is 14.6 Å². The molecule has 0 aliphatic heterocycles. The molecule has 0 bridgehead atoms. The topological polar surface area (TPSA) is 62.3 Å². The molecular weight excluding hydrogens is 338 g/mol. The van der Waals surface area contributed by atoms with E-state index in [9.17, 15) is 9.59 Å². The van der Waals surface area contributed by atoms with E-state index in [1.54, 1.807) is 11.0 Å². The highest BCUT2D eigenvalue weighted by molar-refractivity contribution is 5.99. The van der Waals surface area contributed by atoms with Crippen LogP contribution in [0.2, 0.25) is 0 Å². The van der Waals surface area contributed by atoms with Crippen LogP contribution in [0.5, 0.6) is 0 Å². The fraction of sp³-hybridized carbons (Fsp3) is 0.409. The van der Waals surface area contributed by atoms with Crippen LogP contribution in [0.15, 0.2) is 48.8 Å². The zero-order valence-corrected chi connectivity index (χ0v) is 16.6. The molecule has 0 aliphatic carbocycles. The van der Waals surface area contributed by atoms with Crippen LogP contribution in [0.3, 0.4) is 0 Å². The van der Waals surface area contributed by atoms with E-state index in [0.29, 0.717) is 30.1 Å². The highest BCUT2D eigenvalue weighted by atomic mass is 16.2. The Morgan fingerprint density at radius 3 is 2.33 bits per heavy atom. The van der Waals surface area contributed by atoms with Crippen LogP contribution in [0.4, 0.5) is 0 Å². The lowest BCUT2D eigenvalue weighted by Gasteiger charge is -2.27. The van der Waals surface area contributed by atoms with Crippen molar-refractivity contribution in [2.75, 3.05) is 6.54 Å². The second-order valence-corrected chi connectivity index (χ2v) is 7.41. The fourth-order valence-electron chi connectivity index (χ4n) is 2.69. The zero-order chi connectivity index (χ0) is 19.8. The highest BCUT2D eigenvalue weighted by Gasteiger charge is 2.20. The molecule has 0 saturated heterocycles. The number of amides is 2. The molecule has 0 spiro atoms. The normalized spacial score (nSPS) is 10.9. The Labute approximate surface area is 161 Å². The number of carbonyl (C=O) groups is 2. The Morgan fingerprint density at radius 2 is 1.70 bits per heavy atom. The van der Waals surface area contributed by atoms with Crippen LogP contribution in [-0.2, 0) is 6.54 Å². The lowest BCUT2D eigenvalue weighted by atomic mass is 10.1. The largest absolute Gasteiger partial charge is 0.352 e. The monoisotopic (exact) mass is 367 g/mol. The third kappa shape index (κ3) is 6.20. The summed E-state index contributed by atoms with van der Waals surface area (Å²) in [6.45, 7) is 9.32. The highest BCUT2D eigenvalue weighted by Crippen LogP contribution is 2.14. The van der Waals surface area contributed by atoms with Gasteiger partial charge in [0.05, 0.1) is 11.1 Å². The third-order valence-corrected chi connectivity index (χ3v) is 4.33. The van der Waals surface area contributed by atoms with Crippen molar-refractivity contribution >= 4 is 11.8 Å². The molecule has 0 unspecified atom stereocenters. The van der Waals surface area contributed by atoms with E-state index in [2.05, 4.69) is 24.1 Å². The standard InChI is InChI=1S/C22H29N3O2/c1-16(2)10-11-24-21(26)19-12-20(14-23-13-19)22(27)25(17(3)4)15-18-8-6-5-7-9-18/h5-9,12-14,16-17H,10-11,15H2,1-4H3,(H,24,26). The van der Waals surface area contributed by atoms with Crippen LogP contribution in [-0.4, -0.2) is 34.3 Å². The van der Waals surface area contributed by atoms with Gasteiger partial charge in [0.1, 0.15) is 0 Å². The Hall–Kier alpha value is -2.69. The van der Waals surface area contributed by atoms with Crippen LogP contribution in [0.1, 0.15) is 60.4 Å². The number of benzene rings is 1. The number of aromatic nitrogens is 1. The molecule has 5 heteroatoms. The van der Waals surface area contributed by atoms with Gasteiger partial charge in [-0.25, -0.2) is 0 Å². The van der Waals surface area contributed by atoms with E-state index in [0.717, 1.165) is 12.0 Å². The summed E-state index contributed by atoms with van der Waals surface area (Å²) >= 11 is 0. The molecule has 1 aromatic heterocycles. The Kier molecular flexibility index (Phi) is 7.53. The smallest absolute Gasteiger partial charge is 0.255 e. The molecule has 1 heterocycles. The van der Waals surface area contributed by atoms with E-state index < -0.39 is 0 Å². The molecule has 0 fully saturated rings. The van der Waals surface area contributed by atoms with E-state index in [1.165, 1.54) is 12.4 Å². The zero-order valence-electron chi connectivity index (χ0n) is 16.6. The first-order chi connectivity index (χ1) is 12.9. The summed E-state index contributed by atoms with van der Waals surface area (Å²) in [4.78, 5) is 31.2. The van der Waals surface area contributed by atoms with Crippen molar-refractivity contribution in [3.05, 3.63) is 65.5 Å². The van der Waals surface area contributed by atoms with Crippen molar-refractivity contribution in [2.45, 2.75) is 46.7 Å². The van der Waals surface area contributed by atoms with Gasteiger partial charge in [-0.2, -0.15) is 0 Å². The summed E-state index contributed by atoms with van der Waals surface area (Å²) in [5.74, 6) is 0.198. The third-order valence-electron chi connectivity index (χ3n) is 4.33. The van der Waals surface area contributed by atoms with Gasteiger partial charge in [-0.15, -0.1) is 0 Å². The van der Waals surface area contributed by atoms with Crippen molar-refractivity contribution in [2.24, 2.45) is 5.92 Å². The lowest BCUT2D eigenvalue weighted by molar-refractivity contribution is 0.0690. The molecule has 144 valence electrons. The molecule has 2 amide bonds. The summed E-state index contributed by atoms with van der Waals surface area (Å²) in [6.07, 6.45) is 3.93. The van der Waals surface area contributed by atoms with Gasteiger partial charge in [-0.05, 0) is 37.8 Å². The molecule has 1 aromatic carbocycles. The van der Waals surface area contributed by atoms with E-state index in [4.69, 9.17) is 0 Å². The van der Waals surface area contributed by atoms with Crippen molar-refractivity contribution < 1.29 is 9.59 Å². The molecule has 0 aliphatic rings. The minimum atomic E-state index is -0.197. The average molecular weight is 367 g/mol. The second kappa shape index (κ2) is 9.86. The Morgan fingerprint density at radius 1 is 1.04 bits per heavy atom. The van der Waals surface area contributed by atoms with E-state index >= 15 is 0 Å². The van der Waals surface area contributed by atoms with Crippen LogP contribution in [0, 0.1) is 5.92 Å². The predicted molar refractivity (Wildman–Crippen MR) is 107 cm³/mol. The van der Waals surface area contributed by atoms with E-state index in [1.807, 2.05) is 44.2 Å². The first-order valence-electron chi connectivity index (χ1n) is 9.46. The van der Waals surface area contributed by atoms with Gasteiger partial charge in [-0.1, -0.05) is 44.2 Å². The maximum absolute atomic E-state index is 13.0. The number of hydrogen-bond acceptors (Lipinski definition) is 3. The van der Waals surface area contributed by atoms with Gasteiger partial charge < -0.3 is 10.2 Å². The first kappa shape index (κ1) is 20.6. The number of hydrogen-bond donors (Lipinski definition) is 1. The van der Waals surface area contributed by atoms with Crippen molar-refractivity contribution in [3.63, 3.8) is 0 Å². The minimum Gasteiger partial charge on any atom is -0.352 e. The first-order valence-corrected chi connectivity index (χ1v) is 9.46. The number of rotatable bonds is 8. The summed E-state index contributed by atoms with van der Waals surface area (Å²) in [5.41, 5.74) is 1.90. The Bertz CT molecular complexity index is 757. The Balaban J connectivity index is 2.13. The molecule has 1 N–H and O–H groups in total. The molecule has 5 nitrogen and oxygen atoms in total. The van der Waals surface area contributed by atoms with Gasteiger partial charge in [0, 0.05) is 31.5 Å². The van der Waals surface area contributed by atoms with Crippen molar-refractivity contribution in [1.82, 2.24) is 15.2 Å². The fourth-order valence-corrected chi connectivity index (χ4v) is 2.69. The second-order valence-electron chi connectivity index (χ2n) is 7.41. The molecule has 0 radical (unpaired) electrons. The number of nitrogens with one attached hydrogen (secondary N) is 1. The van der Waals surface area contributed by atoms with E-state index in [-0.39, 0.29) is 17.9 Å². The molecule has 27 heavy (non-hydrogen) atoms. The van der Waals surface area contributed by atoms with Crippen LogP contribution in [0.25, 0.3) is 0 Å². The lowest BCUT2D eigenvalue weighted by Crippen LogP contribution is -2.36. The predicted octanol–water partition coefficient (Wildman–Crippen LogP) is 3.91. The maximum Gasteiger partial charge on any atom is 0.255 e. The number of carbonyl (C=O) groups excluding carboxylic acids is 2. The summed E-state index contributed by atoms with van der Waals surface area (Å²) in [5, 5.41) is 2.88. The number of nitrogens with zero attached hydrogens (tertiary/aromatic N) is 2. The van der Waals surface area contributed by atoms with Crippen LogP contribution < -0.4 is 5.32 Å². The van der Waals surface area contributed by atoms with Gasteiger partial charge in [0.2, 0.25) is 0 Å². The average Bonchev–Trinajstić information content (AvgIpc) is 2.66. The molecule has 0 atom stereocenters. The molecular formula is C22H29N3O2. The van der Waals surface area contributed by atoms with Gasteiger partial charge in [0.25, 0.3) is 11.8 Å². The minimum absolute atomic E-state index is 0.0289. The molecule has 0 saturated carbocycles. The van der Waals surface area contributed by atoms with Crippen molar-refractivity contribution in [1.29, 1.82) is 0 Å². The quantitative estimate of drug-likeness (QED) is 0.769. The molecule has 2 aromatic rings. The van der Waals surface area contributed by atoms with Gasteiger partial charge in [0.15, 0.2) is 0 Å². The maximum atomic E-state index is 13.0. The molecule has 2 rings (SSSR count). The van der Waals surface area contributed by atoms with Crippen molar-refractivity contribution in [3.8, 4) is 0 Å². The number of pyridine rings is 1. The summed E-state index contributed by atoms with van der Waals surface area (Å²) < 4.78 is 0. The summed E-state index contributed by atoms with van der Waals surface area (Å²) in [6, 6.07) is 11.5. The SMILES string of the molecule is CC(C)CCNC(=O)c1cncc(C(=O)N(Cc2ccccc2)C(C)C)c1. The van der Waals surface area contributed by atoms with Crippen LogP contribution >= 0.6 is 0 Å². The summed E-state index contributed by atoms with van der Waals surface area (Å²) in [7, 11) is 0. The van der Waals surface area contributed by atoms with Gasteiger partial charge >= 0.3 is 0 Å².